The van der Waals surface area contributed by atoms with Gasteiger partial charge in [0.15, 0.2) is 5.69 Å². The summed E-state index contributed by atoms with van der Waals surface area (Å²) in [5.41, 5.74) is 4.39. The second-order valence-corrected chi connectivity index (χ2v) is 5.82. The van der Waals surface area contributed by atoms with Gasteiger partial charge in [-0.15, -0.1) is 0 Å². The maximum Gasteiger partial charge on any atom is 0.272 e. The Labute approximate surface area is 129 Å². The first-order valence-electron chi connectivity index (χ1n) is 7.50. The summed E-state index contributed by atoms with van der Waals surface area (Å²) in [6.45, 7) is 7.68. The molecule has 0 radical (unpaired) electrons. The van der Waals surface area contributed by atoms with Crippen molar-refractivity contribution < 1.29 is 9.53 Å². The summed E-state index contributed by atoms with van der Waals surface area (Å²) < 4.78 is 7.32. The van der Waals surface area contributed by atoms with E-state index in [1.54, 1.807) is 0 Å². The predicted octanol–water partition coefficient (Wildman–Crippen LogP) is 1.11. The second-order valence-electron chi connectivity index (χ2n) is 5.82. The Kier molecular flexibility index (Phi) is 3.98. The lowest BCUT2D eigenvalue weighted by Crippen LogP contribution is -2.37. The van der Waals surface area contributed by atoms with Gasteiger partial charge in [-0.25, -0.2) is 0 Å². The number of hydrogen-bond acceptors (Lipinski definition) is 4. The number of carbonyl (C=O) groups is 1. The van der Waals surface area contributed by atoms with Gasteiger partial charge in [-0.1, -0.05) is 0 Å². The minimum absolute atomic E-state index is 0.0395. The van der Waals surface area contributed by atoms with Gasteiger partial charge in [0.25, 0.3) is 5.91 Å². The zero-order valence-electron chi connectivity index (χ0n) is 13.1. The summed E-state index contributed by atoms with van der Waals surface area (Å²) in [5, 5.41) is 14.5. The smallest absolute Gasteiger partial charge is 0.272 e. The molecule has 1 amide bonds. The number of H-pyrrole nitrogens is 1. The Hall–Kier alpha value is -2.15. The zero-order valence-corrected chi connectivity index (χ0v) is 13.1. The van der Waals surface area contributed by atoms with Crippen molar-refractivity contribution in [3.63, 3.8) is 0 Å². The number of hydrogen-bond donors (Lipinski definition) is 2. The fourth-order valence-electron chi connectivity index (χ4n) is 2.76. The molecule has 1 atom stereocenters. The number of ether oxygens (including phenoxy) is 1. The van der Waals surface area contributed by atoms with E-state index in [0.29, 0.717) is 25.5 Å². The van der Waals surface area contributed by atoms with E-state index in [2.05, 4.69) is 20.6 Å². The Bertz CT molecular complexity index is 688. The molecule has 1 aliphatic rings. The molecular formula is C15H21N5O2. The topological polar surface area (TPSA) is 84.8 Å². The molecule has 7 nitrogen and oxygen atoms in total. The van der Waals surface area contributed by atoms with Gasteiger partial charge in [0.2, 0.25) is 0 Å². The summed E-state index contributed by atoms with van der Waals surface area (Å²) in [6.07, 6.45) is 0.775. The molecule has 1 aliphatic heterocycles. The largest absolute Gasteiger partial charge is 0.376 e. The highest BCUT2D eigenvalue weighted by Gasteiger charge is 2.23. The predicted molar refractivity (Wildman–Crippen MR) is 80.6 cm³/mol. The minimum atomic E-state index is -0.169. The van der Waals surface area contributed by atoms with Crippen LogP contribution < -0.4 is 5.32 Å². The highest BCUT2D eigenvalue weighted by Crippen LogP contribution is 2.18. The Morgan fingerprint density at radius 3 is 3.09 bits per heavy atom. The maximum atomic E-state index is 12.4. The molecule has 22 heavy (non-hydrogen) atoms. The first-order chi connectivity index (χ1) is 10.5. The Balaban J connectivity index is 1.66. The first kappa shape index (κ1) is 14.8. The van der Waals surface area contributed by atoms with Crippen LogP contribution in [0.5, 0.6) is 0 Å². The molecule has 0 fully saturated rings. The fraction of sp³-hybridized carbons (Fsp3) is 0.533. The van der Waals surface area contributed by atoms with Crippen LogP contribution in [0.2, 0.25) is 0 Å². The Morgan fingerprint density at radius 2 is 2.36 bits per heavy atom. The third-order valence-corrected chi connectivity index (χ3v) is 3.84. The molecule has 3 rings (SSSR count). The van der Waals surface area contributed by atoms with E-state index in [-0.39, 0.29) is 11.9 Å². The van der Waals surface area contributed by atoms with Gasteiger partial charge < -0.3 is 10.1 Å². The van der Waals surface area contributed by atoms with E-state index in [1.165, 1.54) is 0 Å². The lowest BCUT2D eigenvalue weighted by atomic mass is 10.1. The summed E-state index contributed by atoms with van der Waals surface area (Å²) in [7, 11) is 0. The molecule has 0 spiro atoms. The standard InChI is InChI=1S/C15H21N5O2/c1-9-6-11(3)20(19-9)7-10(2)16-15(21)14-12-8-22-5-4-13(12)17-18-14/h6,10H,4-5,7-8H2,1-3H3,(H,16,21)(H,17,18)/t10-/m0/s1. The highest BCUT2D eigenvalue weighted by atomic mass is 16.5. The lowest BCUT2D eigenvalue weighted by molar-refractivity contribution is 0.0909. The molecule has 2 N–H and O–H groups in total. The SMILES string of the molecule is Cc1cc(C)n(C[C@H](C)NC(=O)c2n[nH]c3c2COCC3)n1. The average molecular weight is 303 g/mol. The lowest BCUT2D eigenvalue weighted by Gasteiger charge is -2.16. The van der Waals surface area contributed by atoms with Crippen LogP contribution in [-0.2, 0) is 24.3 Å². The van der Waals surface area contributed by atoms with E-state index in [1.807, 2.05) is 31.5 Å². The van der Waals surface area contributed by atoms with Crippen molar-refractivity contribution in [3.8, 4) is 0 Å². The summed E-state index contributed by atoms with van der Waals surface area (Å²) in [4.78, 5) is 12.4. The molecule has 7 heteroatoms. The minimum Gasteiger partial charge on any atom is -0.376 e. The molecule has 2 aromatic rings. The van der Waals surface area contributed by atoms with E-state index in [9.17, 15) is 4.79 Å². The molecule has 3 heterocycles. The number of aromatic nitrogens is 4. The molecule has 0 aromatic carbocycles. The molecule has 0 bridgehead atoms. The molecular weight excluding hydrogens is 282 g/mol. The van der Waals surface area contributed by atoms with Crippen LogP contribution in [0.1, 0.15) is 40.1 Å². The monoisotopic (exact) mass is 303 g/mol. The van der Waals surface area contributed by atoms with Gasteiger partial charge in [-0.2, -0.15) is 10.2 Å². The quantitative estimate of drug-likeness (QED) is 0.886. The van der Waals surface area contributed by atoms with Crippen molar-refractivity contribution in [2.24, 2.45) is 0 Å². The summed E-state index contributed by atoms with van der Waals surface area (Å²) in [6, 6.07) is 1.98. The number of nitrogens with zero attached hydrogens (tertiary/aromatic N) is 3. The third-order valence-electron chi connectivity index (χ3n) is 3.84. The number of fused-ring (bicyclic) bond motifs is 1. The molecule has 118 valence electrons. The number of carbonyl (C=O) groups excluding carboxylic acids is 1. The molecule has 2 aromatic heterocycles. The van der Waals surface area contributed by atoms with Gasteiger partial charge in [0.1, 0.15) is 0 Å². The van der Waals surface area contributed by atoms with E-state index < -0.39 is 0 Å². The van der Waals surface area contributed by atoms with Crippen molar-refractivity contribution in [2.45, 2.75) is 46.4 Å². The van der Waals surface area contributed by atoms with Crippen molar-refractivity contribution in [3.05, 3.63) is 34.4 Å². The van der Waals surface area contributed by atoms with Crippen LogP contribution >= 0.6 is 0 Å². The fourth-order valence-corrected chi connectivity index (χ4v) is 2.76. The third kappa shape index (κ3) is 2.89. The van der Waals surface area contributed by atoms with E-state index in [4.69, 9.17) is 4.74 Å². The number of amides is 1. The second kappa shape index (κ2) is 5.92. The number of aryl methyl sites for hydroxylation is 2. The summed E-state index contributed by atoms with van der Waals surface area (Å²) in [5.74, 6) is -0.169. The van der Waals surface area contributed by atoms with E-state index >= 15 is 0 Å². The maximum absolute atomic E-state index is 12.4. The molecule has 0 saturated heterocycles. The van der Waals surface area contributed by atoms with Crippen molar-refractivity contribution in [1.29, 1.82) is 0 Å². The summed E-state index contributed by atoms with van der Waals surface area (Å²) >= 11 is 0. The molecule has 0 aliphatic carbocycles. The van der Waals surface area contributed by atoms with Gasteiger partial charge in [0.05, 0.1) is 25.5 Å². The normalized spacial score (nSPS) is 15.4. The van der Waals surface area contributed by atoms with E-state index in [0.717, 1.165) is 29.1 Å². The van der Waals surface area contributed by atoms with Crippen LogP contribution in [0.25, 0.3) is 0 Å². The van der Waals surface area contributed by atoms with Gasteiger partial charge >= 0.3 is 0 Å². The molecule has 0 unspecified atom stereocenters. The van der Waals surface area contributed by atoms with Crippen molar-refractivity contribution in [2.75, 3.05) is 6.61 Å². The van der Waals surface area contributed by atoms with Crippen LogP contribution in [0, 0.1) is 13.8 Å². The van der Waals surface area contributed by atoms with Gasteiger partial charge in [-0.3, -0.25) is 14.6 Å². The van der Waals surface area contributed by atoms with Crippen LogP contribution in [0.15, 0.2) is 6.07 Å². The van der Waals surface area contributed by atoms with Gasteiger partial charge in [-0.05, 0) is 26.8 Å². The number of rotatable bonds is 4. The van der Waals surface area contributed by atoms with Crippen LogP contribution in [0.4, 0.5) is 0 Å². The molecule has 0 saturated carbocycles. The van der Waals surface area contributed by atoms with Gasteiger partial charge in [0, 0.05) is 29.4 Å². The zero-order chi connectivity index (χ0) is 15.7. The highest BCUT2D eigenvalue weighted by molar-refractivity contribution is 5.94. The van der Waals surface area contributed by atoms with Crippen LogP contribution in [-0.4, -0.2) is 38.5 Å². The first-order valence-corrected chi connectivity index (χ1v) is 7.50. The van der Waals surface area contributed by atoms with Crippen molar-refractivity contribution >= 4 is 5.91 Å². The van der Waals surface area contributed by atoms with Crippen LogP contribution in [0.3, 0.4) is 0 Å². The average Bonchev–Trinajstić information content (AvgIpc) is 3.02. The Morgan fingerprint density at radius 1 is 1.55 bits per heavy atom. The van der Waals surface area contributed by atoms with Crippen molar-refractivity contribution in [1.82, 2.24) is 25.3 Å². The number of aromatic amines is 1. The number of nitrogens with one attached hydrogen (secondary N) is 2.